The molecule has 0 aliphatic carbocycles. The van der Waals surface area contributed by atoms with Gasteiger partial charge in [-0.3, -0.25) is 0 Å². The largest absolute Gasteiger partial charge is 0.367 e. The van der Waals surface area contributed by atoms with Gasteiger partial charge in [0, 0.05) is 60.6 Å². The number of hydrogen-bond donors (Lipinski definition) is 0. The molecule has 3 aliphatic rings. The van der Waals surface area contributed by atoms with Crippen LogP contribution in [0.15, 0.2) is 53.6 Å². The average molecular weight is 418 g/mol. The van der Waals surface area contributed by atoms with Crippen molar-refractivity contribution in [3.8, 4) is 0 Å². The van der Waals surface area contributed by atoms with Gasteiger partial charge in [-0.15, -0.1) is 11.8 Å². The second-order valence-electron chi connectivity index (χ2n) is 9.24. The van der Waals surface area contributed by atoms with E-state index in [0.717, 1.165) is 6.04 Å². The summed E-state index contributed by atoms with van der Waals surface area (Å²) in [5.74, 6) is 1.97. The van der Waals surface area contributed by atoms with Gasteiger partial charge >= 0.3 is 0 Å². The Morgan fingerprint density at radius 1 is 1.07 bits per heavy atom. The lowest BCUT2D eigenvalue weighted by atomic mass is 9.89. The van der Waals surface area contributed by atoms with Gasteiger partial charge < -0.3 is 14.4 Å². The predicted octanol–water partition coefficient (Wildman–Crippen LogP) is 5.28. The predicted molar refractivity (Wildman–Crippen MR) is 128 cm³/mol. The Morgan fingerprint density at radius 2 is 2.00 bits per heavy atom. The maximum absolute atomic E-state index is 2.78. The van der Waals surface area contributed by atoms with Crippen molar-refractivity contribution in [1.29, 1.82) is 0 Å². The van der Waals surface area contributed by atoms with Crippen LogP contribution in [0.25, 0.3) is 10.9 Å². The molecule has 1 saturated heterocycles. The van der Waals surface area contributed by atoms with E-state index in [9.17, 15) is 0 Å². The number of fused-ring (bicyclic) bond motifs is 4. The number of anilines is 1. The molecule has 1 aromatic heterocycles. The second-order valence-corrected chi connectivity index (χ2v) is 10.4. The molecule has 3 aromatic rings. The normalized spacial score (nSPS) is 23.4. The second kappa shape index (κ2) is 7.65. The smallest absolute Gasteiger partial charge is 0.0543 e. The molecule has 0 N–H and O–H groups in total. The number of aryl methyl sites for hydroxylation is 2. The van der Waals surface area contributed by atoms with E-state index in [0.29, 0.717) is 5.92 Å². The van der Waals surface area contributed by atoms with E-state index < -0.39 is 0 Å². The van der Waals surface area contributed by atoms with Crippen molar-refractivity contribution in [1.82, 2.24) is 9.47 Å². The summed E-state index contributed by atoms with van der Waals surface area (Å²) in [5, 5.41) is 1.43. The van der Waals surface area contributed by atoms with Crippen molar-refractivity contribution >= 4 is 28.4 Å². The van der Waals surface area contributed by atoms with E-state index in [1.807, 2.05) is 0 Å². The highest BCUT2D eigenvalue weighted by Crippen LogP contribution is 2.50. The number of piperidine rings is 1. The summed E-state index contributed by atoms with van der Waals surface area (Å²) in [5.41, 5.74) is 6.08. The van der Waals surface area contributed by atoms with Gasteiger partial charge in [0.2, 0.25) is 0 Å². The van der Waals surface area contributed by atoms with Crippen LogP contribution in [-0.2, 0) is 13.5 Å². The van der Waals surface area contributed by atoms with Crippen LogP contribution in [0, 0.1) is 0 Å². The summed E-state index contributed by atoms with van der Waals surface area (Å²) in [6, 6.07) is 16.6. The fourth-order valence-electron chi connectivity index (χ4n) is 6.13. The number of aromatic nitrogens is 1. The highest BCUT2D eigenvalue weighted by molar-refractivity contribution is 7.99. The van der Waals surface area contributed by atoms with Gasteiger partial charge in [-0.25, -0.2) is 0 Å². The minimum atomic E-state index is 0.699. The first kappa shape index (κ1) is 18.8. The average Bonchev–Trinajstić information content (AvgIpc) is 3.16. The summed E-state index contributed by atoms with van der Waals surface area (Å²) in [4.78, 5) is 7.05. The lowest BCUT2D eigenvalue weighted by Gasteiger charge is -2.39. The molecular formula is C26H31N3S. The van der Waals surface area contributed by atoms with E-state index in [-0.39, 0.29) is 0 Å². The molecule has 4 heterocycles. The zero-order valence-electron chi connectivity index (χ0n) is 17.9. The van der Waals surface area contributed by atoms with Crippen molar-refractivity contribution in [2.45, 2.75) is 42.5 Å². The summed E-state index contributed by atoms with van der Waals surface area (Å²) in [6.45, 7) is 4.96. The molecule has 30 heavy (non-hydrogen) atoms. The highest BCUT2D eigenvalue weighted by Gasteiger charge is 2.43. The van der Waals surface area contributed by atoms with E-state index in [4.69, 9.17) is 0 Å². The Balaban J connectivity index is 1.15. The van der Waals surface area contributed by atoms with E-state index in [1.54, 1.807) is 11.3 Å². The first-order chi connectivity index (χ1) is 14.8. The van der Waals surface area contributed by atoms with Gasteiger partial charge in [0.05, 0.1) is 5.69 Å². The molecule has 3 nitrogen and oxygen atoms in total. The summed E-state index contributed by atoms with van der Waals surface area (Å²) >= 11 is 2.07. The molecule has 0 spiro atoms. The fourth-order valence-corrected chi connectivity index (χ4v) is 7.17. The molecule has 2 atom stereocenters. The van der Waals surface area contributed by atoms with Crippen molar-refractivity contribution in [2.75, 3.05) is 36.8 Å². The Hall–Kier alpha value is -1.91. The number of nitrogens with zero attached hydrogens (tertiary/aromatic N) is 3. The van der Waals surface area contributed by atoms with Gasteiger partial charge in [0.15, 0.2) is 0 Å². The number of para-hydroxylation sites is 2. The van der Waals surface area contributed by atoms with Gasteiger partial charge in [-0.05, 0) is 61.2 Å². The van der Waals surface area contributed by atoms with Crippen LogP contribution in [0.4, 0.5) is 5.69 Å². The minimum Gasteiger partial charge on any atom is -0.367 e. The van der Waals surface area contributed by atoms with Crippen molar-refractivity contribution in [2.24, 2.45) is 7.05 Å². The SMILES string of the molecule is Cn1cc(CCCN2CCC3C(C2)c2cccc4c2N3CCCS4)c2ccccc21. The van der Waals surface area contributed by atoms with Gasteiger partial charge in [0.1, 0.15) is 0 Å². The number of likely N-dealkylation sites (tertiary alicyclic amines) is 1. The summed E-state index contributed by atoms with van der Waals surface area (Å²) in [6.07, 6.45) is 7.39. The molecule has 1 fully saturated rings. The molecule has 3 aliphatic heterocycles. The fraction of sp³-hybridized carbons (Fsp3) is 0.462. The van der Waals surface area contributed by atoms with E-state index in [1.165, 1.54) is 79.0 Å². The van der Waals surface area contributed by atoms with Gasteiger partial charge in [-0.1, -0.05) is 30.3 Å². The molecule has 4 heteroatoms. The van der Waals surface area contributed by atoms with Gasteiger partial charge in [-0.2, -0.15) is 0 Å². The Labute approximate surface area is 184 Å². The zero-order valence-corrected chi connectivity index (χ0v) is 18.7. The molecule has 156 valence electrons. The van der Waals surface area contributed by atoms with Crippen molar-refractivity contribution < 1.29 is 0 Å². The van der Waals surface area contributed by atoms with Crippen LogP contribution in [0.5, 0.6) is 0 Å². The van der Waals surface area contributed by atoms with Gasteiger partial charge in [0.25, 0.3) is 0 Å². The molecule has 0 saturated carbocycles. The molecular weight excluding hydrogens is 386 g/mol. The highest BCUT2D eigenvalue weighted by atomic mass is 32.2. The summed E-state index contributed by atoms with van der Waals surface area (Å²) in [7, 11) is 2.17. The lowest BCUT2D eigenvalue weighted by Crippen LogP contribution is -2.46. The van der Waals surface area contributed by atoms with Crippen LogP contribution in [-0.4, -0.2) is 47.4 Å². The van der Waals surface area contributed by atoms with Crippen molar-refractivity contribution in [3.05, 3.63) is 59.8 Å². The maximum Gasteiger partial charge on any atom is 0.0543 e. The Morgan fingerprint density at radius 3 is 2.97 bits per heavy atom. The minimum absolute atomic E-state index is 0.699. The Kier molecular flexibility index (Phi) is 4.80. The first-order valence-electron chi connectivity index (χ1n) is 11.6. The number of rotatable bonds is 4. The third-order valence-electron chi connectivity index (χ3n) is 7.48. The molecule has 6 rings (SSSR count). The van der Waals surface area contributed by atoms with Crippen LogP contribution in [0.1, 0.15) is 36.3 Å². The molecule has 0 bridgehead atoms. The van der Waals surface area contributed by atoms with Crippen molar-refractivity contribution in [3.63, 3.8) is 0 Å². The molecule has 0 amide bonds. The van der Waals surface area contributed by atoms with E-state index in [2.05, 4.69) is 81.8 Å². The Bertz CT molecular complexity index is 1070. The monoisotopic (exact) mass is 417 g/mol. The van der Waals surface area contributed by atoms with Crippen LogP contribution in [0.2, 0.25) is 0 Å². The first-order valence-corrected chi connectivity index (χ1v) is 12.6. The molecule has 2 aromatic carbocycles. The number of thioether (sulfide) groups is 1. The van der Waals surface area contributed by atoms with Crippen LogP contribution in [0.3, 0.4) is 0 Å². The summed E-state index contributed by atoms with van der Waals surface area (Å²) < 4.78 is 2.28. The standard InChI is InChI=1S/C26H31N3S/c1-27-17-19(20-8-2-3-10-23(20)27)7-5-13-28-15-12-24-22(18-28)21-9-4-11-25-26(21)29(24)14-6-16-30-25/h2-4,8-11,17,22,24H,5-7,12-16,18H2,1H3. The number of benzene rings is 2. The number of hydrogen-bond acceptors (Lipinski definition) is 3. The molecule has 0 radical (unpaired) electrons. The quantitative estimate of drug-likeness (QED) is 0.572. The van der Waals surface area contributed by atoms with Crippen LogP contribution >= 0.6 is 11.8 Å². The topological polar surface area (TPSA) is 11.4 Å². The zero-order chi connectivity index (χ0) is 20.1. The maximum atomic E-state index is 2.78. The molecule has 2 unspecified atom stereocenters. The third kappa shape index (κ3) is 3.07. The van der Waals surface area contributed by atoms with Crippen LogP contribution < -0.4 is 4.90 Å². The van der Waals surface area contributed by atoms with E-state index >= 15 is 0 Å². The lowest BCUT2D eigenvalue weighted by molar-refractivity contribution is 0.191. The third-order valence-corrected chi connectivity index (χ3v) is 8.61.